The fraction of sp³-hybridized carbons (Fsp3) is 0.647. The van der Waals surface area contributed by atoms with Crippen molar-refractivity contribution in [2.45, 2.75) is 44.2 Å². The molecular weight excluding hydrogens is 264 g/mol. The molecule has 1 unspecified atom stereocenters. The van der Waals surface area contributed by atoms with Gasteiger partial charge < -0.3 is 20.1 Å². The molecule has 2 fully saturated rings. The molecule has 4 heteroatoms. The first-order valence-electron chi connectivity index (χ1n) is 8.17. The molecule has 2 N–H and O–H groups in total. The van der Waals surface area contributed by atoms with Gasteiger partial charge in [-0.2, -0.15) is 0 Å². The third-order valence-corrected chi connectivity index (χ3v) is 4.47. The number of hydrogen-bond donors (Lipinski definition) is 1. The second-order valence-corrected chi connectivity index (χ2v) is 6.06. The Morgan fingerprint density at radius 2 is 2.00 bits per heavy atom. The average Bonchev–Trinajstić information content (AvgIpc) is 3.02. The van der Waals surface area contributed by atoms with Crippen LogP contribution in [0.3, 0.4) is 0 Å². The highest BCUT2D eigenvalue weighted by atomic mass is 16.5. The van der Waals surface area contributed by atoms with Crippen molar-refractivity contribution in [2.24, 2.45) is 5.73 Å². The second kappa shape index (κ2) is 7.14. The number of ether oxygens (including phenoxy) is 2. The molecule has 0 radical (unpaired) electrons. The van der Waals surface area contributed by atoms with Gasteiger partial charge in [-0.05, 0) is 37.8 Å². The minimum Gasteiger partial charge on any atom is -0.491 e. The standard InChI is InChI=1S/C17H26N2O2/c18-14-7-10-19(11-8-14)16-5-1-2-6-17(16)21-13-9-15-4-3-12-20-15/h1-2,5-6,14-15H,3-4,7-13,18H2. The number of para-hydroxylation sites is 2. The van der Waals surface area contributed by atoms with Crippen LogP contribution in [0.1, 0.15) is 32.1 Å². The maximum Gasteiger partial charge on any atom is 0.142 e. The Balaban J connectivity index is 1.56. The molecule has 116 valence electrons. The van der Waals surface area contributed by atoms with Crippen molar-refractivity contribution in [3.8, 4) is 5.75 Å². The number of rotatable bonds is 5. The Morgan fingerprint density at radius 1 is 1.19 bits per heavy atom. The van der Waals surface area contributed by atoms with Gasteiger partial charge in [0.15, 0.2) is 0 Å². The molecule has 1 aromatic rings. The van der Waals surface area contributed by atoms with Crippen molar-refractivity contribution in [3.05, 3.63) is 24.3 Å². The van der Waals surface area contributed by atoms with Crippen LogP contribution in [0, 0.1) is 0 Å². The number of hydrogen-bond acceptors (Lipinski definition) is 4. The second-order valence-electron chi connectivity index (χ2n) is 6.06. The average molecular weight is 290 g/mol. The van der Waals surface area contributed by atoms with E-state index >= 15 is 0 Å². The molecule has 0 amide bonds. The summed E-state index contributed by atoms with van der Waals surface area (Å²) in [5.41, 5.74) is 7.20. The van der Waals surface area contributed by atoms with Crippen LogP contribution >= 0.6 is 0 Å². The summed E-state index contributed by atoms with van der Waals surface area (Å²) in [4.78, 5) is 2.39. The van der Waals surface area contributed by atoms with Gasteiger partial charge in [0.1, 0.15) is 5.75 Å². The van der Waals surface area contributed by atoms with E-state index in [0.29, 0.717) is 12.1 Å². The Morgan fingerprint density at radius 3 is 2.76 bits per heavy atom. The van der Waals surface area contributed by atoms with Crippen LogP contribution in [-0.2, 0) is 4.74 Å². The number of nitrogens with two attached hydrogens (primary N) is 1. The molecule has 21 heavy (non-hydrogen) atoms. The molecule has 0 bridgehead atoms. The molecule has 2 saturated heterocycles. The van der Waals surface area contributed by atoms with E-state index in [0.717, 1.165) is 51.3 Å². The van der Waals surface area contributed by atoms with E-state index in [1.807, 2.05) is 6.07 Å². The first-order valence-corrected chi connectivity index (χ1v) is 8.17. The third-order valence-electron chi connectivity index (χ3n) is 4.47. The summed E-state index contributed by atoms with van der Waals surface area (Å²) in [6.07, 6.45) is 5.86. The van der Waals surface area contributed by atoms with Gasteiger partial charge in [0.2, 0.25) is 0 Å². The zero-order chi connectivity index (χ0) is 14.5. The maximum absolute atomic E-state index is 6.03. The summed E-state index contributed by atoms with van der Waals surface area (Å²) in [5, 5.41) is 0. The van der Waals surface area contributed by atoms with Crippen LogP contribution in [-0.4, -0.2) is 38.4 Å². The van der Waals surface area contributed by atoms with Crippen molar-refractivity contribution in [1.29, 1.82) is 0 Å². The van der Waals surface area contributed by atoms with Crippen LogP contribution < -0.4 is 15.4 Å². The van der Waals surface area contributed by atoms with Crippen LogP contribution in [0.15, 0.2) is 24.3 Å². The fourth-order valence-corrected chi connectivity index (χ4v) is 3.15. The Kier molecular flexibility index (Phi) is 4.99. The monoisotopic (exact) mass is 290 g/mol. The van der Waals surface area contributed by atoms with Crippen molar-refractivity contribution in [3.63, 3.8) is 0 Å². The zero-order valence-corrected chi connectivity index (χ0v) is 12.7. The quantitative estimate of drug-likeness (QED) is 0.905. The van der Waals surface area contributed by atoms with Gasteiger partial charge in [-0.3, -0.25) is 0 Å². The molecule has 0 aromatic heterocycles. The summed E-state index contributed by atoms with van der Waals surface area (Å²) in [6.45, 7) is 3.69. The number of benzene rings is 1. The molecule has 0 aliphatic carbocycles. The summed E-state index contributed by atoms with van der Waals surface area (Å²) in [6, 6.07) is 8.70. The lowest BCUT2D eigenvalue weighted by Gasteiger charge is -2.33. The lowest BCUT2D eigenvalue weighted by atomic mass is 10.1. The molecule has 1 atom stereocenters. The molecule has 2 heterocycles. The molecular formula is C17H26N2O2. The summed E-state index contributed by atoms with van der Waals surface area (Å²) < 4.78 is 11.7. The van der Waals surface area contributed by atoms with Gasteiger partial charge in [-0.15, -0.1) is 0 Å². The van der Waals surface area contributed by atoms with Crippen LogP contribution in [0.5, 0.6) is 5.75 Å². The van der Waals surface area contributed by atoms with Gasteiger partial charge in [-0.25, -0.2) is 0 Å². The van der Waals surface area contributed by atoms with Gasteiger partial charge >= 0.3 is 0 Å². The van der Waals surface area contributed by atoms with Gasteiger partial charge in [0.05, 0.1) is 18.4 Å². The molecule has 0 spiro atoms. The predicted molar refractivity (Wildman–Crippen MR) is 85.0 cm³/mol. The van der Waals surface area contributed by atoms with Crippen LogP contribution in [0.4, 0.5) is 5.69 Å². The SMILES string of the molecule is NC1CCN(c2ccccc2OCCC2CCCO2)CC1. The van der Waals surface area contributed by atoms with E-state index in [2.05, 4.69) is 23.1 Å². The highest BCUT2D eigenvalue weighted by Gasteiger charge is 2.19. The van der Waals surface area contributed by atoms with Gasteiger partial charge in [0, 0.05) is 32.2 Å². The van der Waals surface area contributed by atoms with Crippen molar-refractivity contribution in [1.82, 2.24) is 0 Å². The Bertz CT molecular complexity index is 438. The van der Waals surface area contributed by atoms with Crippen molar-refractivity contribution < 1.29 is 9.47 Å². The first kappa shape index (κ1) is 14.7. The number of nitrogens with zero attached hydrogens (tertiary/aromatic N) is 1. The third kappa shape index (κ3) is 3.89. The zero-order valence-electron chi connectivity index (χ0n) is 12.7. The summed E-state index contributed by atoms with van der Waals surface area (Å²) in [7, 11) is 0. The molecule has 0 saturated carbocycles. The van der Waals surface area contributed by atoms with Crippen molar-refractivity contribution >= 4 is 5.69 Å². The van der Waals surface area contributed by atoms with E-state index in [1.54, 1.807) is 0 Å². The smallest absolute Gasteiger partial charge is 0.142 e. The topological polar surface area (TPSA) is 47.7 Å². The molecule has 4 nitrogen and oxygen atoms in total. The van der Waals surface area contributed by atoms with Crippen molar-refractivity contribution in [2.75, 3.05) is 31.2 Å². The van der Waals surface area contributed by atoms with Gasteiger partial charge in [0.25, 0.3) is 0 Å². The normalized spacial score (nSPS) is 23.5. The van der Waals surface area contributed by atoms with E-state index in [-0.39, 0.29) is 0 Å². The number of anilines is 1. The molecule has 1 aromatic carbocycles. The minimum absolute atomic E-state index is 0.355. The van der Waals surface area contributed by atoms with E-state index < -0.39 is 0 Å². The summed E-state index contributed by atoms with van der Waals surface area (Å²) >= 11 is 0. The van der Waals surface area contributed by atoms with Gasteiger partial charge in [-0.1, -0.05) is 12.1 Å². The maximum atomic E-state index is 6.03. The number of piperidine rings is 1. The van der Waals surface area contributed by atoms with E-state index in [9.17, 15) is 0 Å². The Labute approximate surface area is 127 Å². The predicted octanol–water partition coefficient (Wildman–Crippen LogP) is 2.56. The van der Waals surface area contributed by atoms with E-state index in [1.165, 1.54) is 18.5 Å². The highest BCUT2D eigenvalue weighted by Crippen LogP contribution is 2.30. The molecule has 2 aliphatic rings. The van der Waals surface area contributed by atoms with Crippen LogP contribution in [0.2, 0.25) is 0 Å². The highest BCUT2D eigenvalue weighted by molar-refractivity contribution is 5.58. The Hall–Kier alpha value is -1.26. The fourth-order valence-electron chi connectivity index (χ4n) is 3.15. The molecule has 3 rings (SSSR count). The first-order chi connectivity index (χ1) is 10.3. The van der Waals surface area contributed by atoms with E-state index in [4.69, 9.17) is 15.2 Å². The largest absolute Gasteiger partial charge is 0.491 e. The minimum atomic E-state index is 0.355. The summed E-state index contributed by atoms with van der Waals surface area (Å²) in [5.74, 6) is 0.992. The lowest BCUT2D eigenvalue weighted by Crippen LogP contribution is -2.39. The molecule has 2 aliphatic heterocycles. The van der Waals surface area contributed by atoms with Crippen LogP contribution in [0.25, 0.3) is 0 Å². The lowest BCUT2D eigenvalue weighted by molar-refractivity contribution is 0.0904.